The number of rotatable bonds is 22. The molecule has 26 heteroatoms. The van der Waals surface area contributed by atoms with Gasteiger partial charge in [-0.05, 0) is 158 Å². The number of phenolic OH excluding ortho intramolecular Hbond substituents is 1. The van der Waals surface area contributed by atoms with Crippen molar-refractivity contribution in [2.45, 2.75) is 133 Å². The Hall–Kier alpha value is -8.97. The fraction of sp³-hybridized carbons (Fsp3) is 0.359. The number of phenols is 1. The van der Waals surface area contributed by atoms with Crippen LogP contribution in [0.3, 0.4) is 0 Å². The quantitative estimate of drug-likeness (QED) is 0.0189. The molecule has 4 amide bonds. The molecule has 6 aromatic carbocycles. The summed E-state index contributed by atoms with van der Waals surface area (Å²) < 4.78 is 166. The molecule has 0 saturated heterocycles. The highest BCUT2D eigenvalue weighted by molar-refractivity contribution is 5.77. The van der Waals surface area contributed by atoms with E-state index in [0.29, 0.717) is 54.1 Å². The Kier molecular flexibility index (Phi) is 27.7. The van der Waals surface area contributed by atoms with E-state index in [9.17, 15) is 72.2 Å². The molecule has 0 spiro atoms. The van der Waals surface area contributed by atoms with Crippen molar-refractivity contribution in [2.75, 3.05) is 13.2 Å². The monoisotopic (exact) mass is 1280 g/mol. The number of hydrogen-bond donors (Lipinski definition) is 5. The van der Waals surface area contributed by atoms with Crippen molar-refractivity contribution < 1.29 is 101 Å². The van der Waals surface area contributed by atoms with E-state index in [4.69, 9.17) is 19.1 Å². The number of nitrogens with one attached hydrogen (secondary N) is 4. The molecular formula is C64H66F12N4O10. The molecule has 0 bridgehead atoms. The third-order valence-corrected chi connectivity index (χ3v) is 14.2. The second-order valence-corrected chi connectivity index (χ2v) is 20.7. The van der Waals surface area contributed by atoms with Crippen LogP contribution >= 0.6 is 0 Å². The predicted molar refractivity (Wildman–Crippen MR) is 306 cm³/mol. The first-order valence-electron chi connectivity index (χ1n) is 28.4. The highest BCUT2D eigenvalue weighted by Gasteiger charge is 2.41. The number of amides is 4. The van der Waals surface area contributed by atoms with Crippen molar-refractivity contribution >= 4 is 30.6 Å². The normalized spacial score (nSPS) is 14.4. The van der Waals surface area contributed by atoms with Crippen LogP contribution in [0.1, 0.15) is 117 Å². The number of carbonyl (C=O) groups excluding carboxylic acids is 5. The van der Waals surface area contributed by atoms with E-state index >= 15 is 0 Å². The van der Waals surface area contributed by atoms with Crippen molar-refractivity contribution in [3.05, 3.63) is 191 Å². The van der Waals surface area contributed by atoms with Gasteiger partial charge in [-0.1, -0.05) is 98.5 Å². The van der Waals surface area contributed by atoms with Gasteiger partial charge in [-0.3, -0.25) is 4.79 Å². The van der Waals surface area contributed by atoms with Gasteiger partial charge in [-0.15, -0.1) is 43.9 Å². The van der Waals surface area contributed by atoms with Crippen LogP contribution in [0.25, 0.3) is 0 Å². The number of unbranched alkanes of at least 4 members (excludes halogenated alkanes) is 2. The van der Waals surface area contributed by atoms with Gasteiger partial charge in [0.25, 0.3) is 0 Å². The lowest BCUT2D eigenvalue weighted by Gasteiger charge is -2.37. The van der Waals surface area contributed by atoms with Crippen LogP contribution in [-0.4, -0.2) is 73.7 Å². The van der Waals surface area contributed by atoms with Gasteiger partial charge in [0.1, 0.15) is 34.6 Å². The minimum atomic E-state index is -4.93. The maximum absolute atomic E-state index is 14.7. The van der Waals surface area contributed by atoms with Gasteiger partial charge < -0.3 is 45.3 Å². The zero-order valence-electron chi connectivity index (χ0n) is 48.5. The molecule has 0 heterocycles. The summed E-state index contributed by atoms with van der Waals surface area (Å²) >= 11 is 0. The summed E-state index contributed by atoms with van der Waals surface area (Å²) in [6.07, 6.45) is -5.49. The molecule has 8 rings (SSSR count). The second kappa shape index (κ2) is 34.7. The Balaban J connectivity index is 0.000000299. The van der Waals surface area contributed by atoms with Crippen molar-refractivity contribution in [1.29, 1.82) is 0 Å². The molecule has 486 valence electrons. The number of hydrogen-bond acceptors (Lipinski definition) is 10. The molecule has 5 N–H and O–H groups in total. The van der Waals surface area contributed by atoms with Gasteiger partial charge in [0.15, 0.2) is 0 Å². The molecule has 6 aromatic rings. The Morgan fingerprint density at radius 2 is 0.878 bits per heavy atom. The smallest absolute Gasteiger partial charge is 0.508 e. The number of halogens is 12. The molecule has 2 atom stereocenters. The highest BCUT2D eigenvalue weighted by Crippen LogP contribution is 2.39. The zero-order chi connectivity index (χ0) is 65.9. The largest absolute Gasteiger partial charge is 0.573 e. The van der Waals surface area contributed by atoms with Gasteiger partial charge in [-0.25, -0.2) is 28.0 Å². The van der Waals surface area contributed by atoms with Gasteiger partial charge in [0, 0.05) is 31.3 Å². The SMILES string of the molecule is CCOC(=O)CCCCCOc1ccc(CC(NC(=O)NC2CCCC2)(c2cccc(F)c2)c2cccc(OC(F)(F)F)c2)cc1.O=C(F)F.O=C(F)F.O=C(NC1CCCC1)NC(Cc1ccc(O)cc1)(c1cccc(F)c1)c1cccc(OC(F)(F)F)c1. The van der Waals surface area contributed by atoms with E-state index < -0.39 is 71.6 Å². The van der Waals surface area contributed by atoms with Crippen LogP contribution in [0.5, 0.6) is 23.0 Å². The van der Waals surface area contributed by atoms with Crippen molar-refractivity contribution in [3.8, 4) is 23.0 Å². The molecule has 2 saturated carbocycles. The number of carbonyl (C=O) groups is 5. The second-order valence-electron chi connectivity index (χ2n) is 20.7. The number of urea groups is 2. The van der Waals surface area contributed by atoms with Crippen LogP contribution in [0, 0.1) is 11.6 Å². The number of ether oxygens (including phenoxy) is 4. The third-order valence-electron chi connectivity index (χ3n) is 14.2. The first-order chi connectivity index (χ1) is 42.6. The van der Waals surface area contributed by atoms with E-state index in [2.05, 4.69) is 30.7 Å². The molecule has 2 unspecified atom stereocenters. The van der Waals surface area contributed by atoms with Gasteiger partial charge in [0.2, 0.25) is 0 Å². The summed E-state index contributed by atoms with van der Waals surface area (Å²) in [6, 6.07) is 34.2. The lowest BCUT2D eigenvalue weighted by molar-refractivity contribution is -0.275. The van der Waals surface area contributed by atoms with Crippen LogP contribution < -0.4 is 35.5 Å². The lowest BCUT2D eigenvalue weighted by Crippen LogP contribution is -2.53. The summed E-state index contributed by atoms with van der Waals surface area (Å²) in [6.45, 7) is 2.59. The topological polar surface area (TPSA) is 191 Å². The Bertz CT molecular complexity index is 3240. The number of esters is 1. The van der Waals surface area contributed by atoms with Crippen LogP contribution in [0.15, 0.2) is 146 Å². The average molecular weight is 1280 g/mol. The summed E-state index contributed by atoms with van der Waals surface area (Å²) in [4.78, 5) is 54.4. The maximum atomic E-state index is 14.7. The van der Waals surface area contributed by atoms with E-state index in [1.165, 1.54) is 78.9 Å². The summed E-state index contributed by atoms with van der Waals surface area (Å²) in [5.74, 6) is -1.63. The molecule has 2 aliphatic carbocycles. The highest BCUT2D eigenvalue weighted by atomic mass is 19.4. The van der Waals surface area contributed by atoms with Crippen LogP contribution in [0.4, 0.5) is 71.9 Å². The summed E-state index contributed by atoms with van der Waals surface area (Å²) in [5.41, 5.74) is -0.337. The van der Waals surface area contributed by atoms with Crippen LogP contribution in [-0.2, 0) is 33.5 Å². The molecule has 14 nitrogen and oxygen atoms in total. The van der Waals surface area contributed by atoms with Gasteiger partial charge in [0.05, 0.1) is 24.3 Å². The van der Waals surface area contributed by atoms with Gasteiger partial charge in [-0.2, -0.15) is 0 Å². The molecule has 0 aromatic heterocycles. The van der Waals surface area contributed by atoms with E-state index in [1.54, 1.807) is 67.6 Å². The van der Waals surface area contributed by atoms with Crippen molar-refractivity contribution in [1.82, 2.24) is 21.3 Å². The first kappa shape index (κ1) is 71.8. The molecular weight excluding hydrogens is 1210 g/mol. The summed E-state index contributed by atoms with van der Waals surface area (Å²) in [7, 11) is 0. The molecule has 2 aliphatic rings. The Morgan fingerprint density at radius 3 is 1.26 bits per heavy atom. The standard InChI is InChI=1S/C35H40F4N2O5.C27H26F4N2O3.2CF2O/c1-2-44-32(42)16-4-3-7-21-45-30-19-17-25(18-20-30)24-34(26-10-8-12-28(36)22-26,41-33(43)40-29-13-5-6-14-29)27-11-9-15-31(23-27)46-35(37,38)39;28-21-7-3-5-19(15-21)26(17-18-11-13-23(34)14-12-18,33-25(35)32-22-8-1-2-9-22)20-6-4-10-24(16-20)36-27(29,30)31;2*2-1(3)4/h8-12,15,17-20,22-23,29H,2-7,13-14,16,21,24H2,1H3,(H2,40,41,43);3-7,10-16,22,34H,1-2,8-9,17H2,(H2,32,33,35);;. The number of aromatic hydroxyl groups is 1. The van der Waals surface area contributed by atoms with Gasteiger partial charge >= 0.3 is 43.3 Å². The summed E-state index contributed by atoms with van der Waals surface area (Å²) in [5, 5.41) is 21.6. The minimum absolute atomic E-state index is 0.0243. The zero-order valence-corrected chi connectivity index (χ0v) is 48.5. The predicted octanol–water partition coefficient (Wildman–Crippen LogP) is 16.2. The average Bonchev–Trinajstić information content (AvgIpc) is 0.830. The van der Waals surface area contributed by atoms with E-state index in [0.717, 1.165) is 70.3 Å². The number of benzene rings is 6. The first-order valence-corrected chi connectivity index (χ1v) is 28.4. The Labute approximate surface area is 510 Å². The number of alkyl halides is 6. The third kappa shape index (κ3) is 24.9. The van der Waals surface area contributed by atoms with E-state index in [-0.39, 0.29) is 47.8 Å². The van der Waals surface area contributed by atoms with Crippen molar-refractivity contribution in [3.63, 3.8) is 0 Å². The Morgan fingerprint density at radius 1 is 0.500 bits per heavy atom. The molecule has 90 heavy (non-hydrogen) atoms. The molecule has 0 radical (unpaired) electrons. The molecule has 2 fully saturated rings. The fourth-order valence-corrected chi connectivity index (χ4v) is 10.4. The van der Waals surface area contributed by atoms with Crippen molar-refractivity contribution in [2.24, 2.45) is 0 Å². The minimum Gasteiger partial charge on any atom is -0.508 e. The fourth-order valence-electron chi connectivity index (χ4n) is 10.4. The lowest BCUT2D eigenvalue weighted by atomic mass is 9.77. The molecule has 0 aliphatic heterocycles. The maximum Gasteiger partial charge on any atom is 0.573 e. The van der Waals surface area contributed by atoms with Crippen LogP contribution in [0.2, 0.25) is 0 Å². The van der Waals surface area contributed by atoms with E-state index in [1.807, 2.05) is 0 Å².